The molecule has 2 aromatic rings. The highest BCUT2D eigenvalue weighted by Crippen LogP contribution is 2.26. The maximum Gasteiger partial charge on any atom is 0.240 e. The molecule has 2 N–H and O–H groups in total. The third kappa shape index (κ3) is 5.09. The van der Waals surface area contributed by atoms with Gasteiger partial charge >= 0.3 is 0 Å². The zero-order valence-corrected chi connectivity index (χ0v) is 14.1. The lowest BCUT2D eigenvalue weighted by Crippen LogP contribution is -2.38. The van der Waals surface area contributed by atoms with E-state index in [1.807, 2.05) is 30.3 Å². The van der Waals surface area contributed by atoms with Gasteiger partial charge in [-0.3, -0.25) is 9.59 Å². The smallest absolute Gasteiger partial charge is 0.240 e. The van der Waals surface area contributed by atoms with Crippen LogP contribution in [0.25, 0.3) is 0 Å². The van der Waals surface area contributed by atoms with E-state index in [1.54, 1.807) is 6.92 Å². The van der Waals surface area contributed by atoms with Crippen molar-refractivity contribution in [2.24, 2.45) is 5.73 Å². The predicted molar refractivity (Wildman–Crippen MR) is 94.3 cm³/mol. The molecule has 0 bridgehead atoms. The van der Waals surface area contributed by atoms with Crippen LogP contribution in [0.4, 0.5) is 10.1 Å². The van der Waals surface area contributed by atoms with Crippen molar-refractivity contribution in [1.82, 2.24) is 0 Å². The molecule has 0 fully saturated rings. The van der Waals surface area contributed by atoms with Crippen LogP contribution in [0, 0.1) is 5.82 Å². The molecule has 0 spiro atoms. The van der Waals surface area contributed by atoms with Gasteiger partial charge in [-0.05, 0) is 43.3 Å². The lowest BCUT2D eigenvalue weighted by Gasteiger charge is -2.25. The number of anilines is 1. The first-order chi connectivity index (χ1) is 11.5. The van der Waals surface area contributed by atoms with Gasteiger partial charge in [0.15, 0.2) is 0 Å². The molecule has 2 rings (SSSR count). The Morgan fingerprint density at radius 2 is 1.75 bits per heavy atom. The third-order valence-corrected chi connectivity index (χ3v) is 4.49. The quantitative estimate of drug-likeness (QED) is 0.783. The number of nitrogens with two attached hydrogens (primary N) is 1. The summed E-state index contributed by atoms with van der Waals surface area (Å²) in [6.07, 6.45) is 0.0475. The summed E-state index contributed by atoms with van der Waals surface area (Å²) in [5.74, 6) is -1.03. The molecule has 1 atom stereocenters. The average Bonchev–Trinajstić information content (AvgIpc) is 2.57. The van der Waals surface area contributed by atoms with Gasteiger partial charge in [0.2, 0.25) is 11.8 Å². The van der Waals surface area contributed by atoms with Crippen LogP contribution in [0.5, 0.6) is 0 Å². The van der Waals surface area contributed by atoms with Gasteiger partial charge in [-0.15, -0.1) is 11.8 Å². The summed E-state index contributed by atoms with van der Waals surface area (Å²) in [5.41, 5.74) is 5.75. The predicted octanol–water partition coefficient (Wildman–Crippen LogP) is 3.21. The van der Waals surface area contributed by atoms with E-state index in [-0.39, 0.29) is 29.9 Å². The number of carbonyl (C=O) groups excluding carboxylic acids is 2. The number of amides is 2. The number of benzene rings is 2. The van der Waals surface area contributed by atoms with Gasteiger partial charge in [0.1, 0.15) is 5.82 Å². The van der Waals surface area contributed by atoms with Gasteiger partial charge in [-0.1, -0.05) is 18.2 Å². The number of hydrogen-bond acceptors (Lipinski definition) is 3. The van der Waals surface area contributed by atoms with Crippen LogP contribution < -0.4 is 10.6 Å². The number of halogens is 1. The van der Waals surface area contributed by atoms with Crippen LogP contribution in [0.2, 0.25) is 0 Å². The van der Waals surface area contributed by atoms with E-state index in [0.717, 1.165) is 4.90 Å². The van der Waals surface area contributed by atoms with E-state index < -0.39 is 5.91 Å². The number of nitrogens with zero attached hydrogens (tertiary/aromatic N) is 1. The fourth-order valence-corrected chi connectivity index (χ4v) is 3.13. The molecule has 0 radical (unpaired) electrons. The van der Waals surface area contributed by atoms with Gasteiger partial charge in [0, 0.05) is 23.5 Å². The molecule has 126 valence electrons. The first-order valence-corrected chi connectivity index (χ1v) is 8.42. The highest BCUT2D eigenvalue weighted by molar-refractivity contribution is 8.00. The van der Waals surface area contributed by atoms with E-state index >= 15 is 0 Å². The molecule has 2 amide bonds. The minimum atomic E-state index is -0.488. The average molecular weight is 346 g/mol. The summed E-state index contributed by atoms with van der Waals surface area (Å²) in [6.45, 7) is 1.97. The first kappa shape index (κ1) is 18.0. The van der Waals surface area contributed by atoms with E-state index in [0.29, 0.717) is 5.69 Å². The first-order valence-electron chi connectivity index (χ1n) is 7.54. The Morgan fingerprint density at radius 3 is 2.33 bits per heavy atom. The molecule has 1 unspecified atom stereocenters. The lowest BCUT2D eigenvalue weighted by atomic mass is 10.2. The number of thioether (sulfide) groups is 1. The molecule has 6 heteroatoms. The number of primary amides is 1. The van der Waals surface area contributed by atoms with E-state index in [4.69, 9.17) is 5.73 Å². The van der Waals surface area contributed by atoms with E-state index in [1.165, 1.54) is 40.9 Å². The molecule has 0 aliphatic heterocycles. The maximum atomic E-state index is 13.1. The standard InChI is InChI=1S/C18H19FN2O2S/c1-13(24-16-5-3-2-4-6-16)18(23)21(12-11-17(20)22)15-9-7-14(19)8-10-15/h2-10,13H,11-12H2,1H3,(H2,20,22). The summed E-state index contributed by atoms with van der Waals surface area (Å²) >= 11 is 1.43. The van der Waals surface area contributed by atoms with Crippen LogP contribution in [-0.4, -0.2) is 23.6 Å². The van der Waals surface area contributed by atoms with E-state index in [9.17, 15) is 14.0 Å². The number of hydrogen-bond donors (Lipinski definition) is 1. The summed E-state index contributed by atoms with van der Waals surface area (Å²) in [5, 5.41) is -0.356. The maximum absolute atomic E-state index is 13.1. The molecule has 0 aliphatic rings. The van der Waals surface area contributed by atoms with Crippen LogP contribution in [-0.2, 0) is 9.59 Å². The third-order valence-electron chi connectivity index (χ3n) is 3.39. The van der Waals surface area contributed by atoms with Gasteiger partial charge in [0.25, 0.3) is 0 Å². The van der Waals surface area contributed by atoms with E-state index in [2.05, 4.69) is 0 Å². The van der Waals surface area contributed by atoms with Crippen molar-refractivity contribution in [2.75, 3.05) is 11.4 Å². The van der Waals surface area contributed by atoms with Crippen LogP contribution >= 0.6 is 11.8 Å². The molecule has 0 aromatic heterocycles. The molecule has 0 saturated heterocycles. The van der Waals surface area contributed by atoms with Crippen molar-refractivity contribution in [3.63, 3.8) is 0 Å². The van der Waals surface area contributed by atoms with Crippen molar-refractivity contribution in [1.29, 1.82) is 0 Å². The Bertz CT molecular complexity index is 692. The van der Waals surface area contributed by atoms with Crippen LogP contribution in [0.3, 0.4) is 0 Å². The Balaban J connectivity index is 2.16. The van der Waals surface area contributed by atoms with Crippen molar-refractivity contribution >= 4 is 29.3 Å². The SMILES string of the molecule is CC(Sc1ccccc1)C(=O)N(CCC(N)=O)c1ccc(F)cc1. The summed E-state index contributed by atoms with van der Waals surface area (Å²) < 4.78 is 13.1. The second-order valence-corrected chi connectivity index (χ2v) is 6.67. The molecule has 2 aromatic carbocycles. The zero-order chi connectivity index (χ0) is 17.5. The summed E-state index contributed by atoms with van der Waals surface area (Å²) in [7, 11) is 0. The Kier molecular flexibility index (Phi) is 6.37. The molecule has 0 saturated carbocycles. The lowest BCUT2D eigenvalue weighted by molar-refractivity contribution is -0.118. The molecular weight excluding hydrogens is 327 g/mol. The molecule has 24 heavy (non-hydrogen) atoms. The highest BCUT2D eigenvalue weighted by atomic mass is 32.2. The number of carbonyl (C=O) groups is 2. The van der Waals surface area contributed by atoms with Gasteiger partial charge < -0.3 is 10.6 Å². The Labute approximate surface area is 144 Å². The number of rotatable bonds is 7. The molecule has 0 heterocycles. The fraction of sp³-hybridized carbons (Fsp3) is 0.222. The second kappa shape index (κ2) is 8.49. The van der Waals surface area contributed by atoms with Crippen LogP contribution in [0.15, 0.2) is 59.5 Å². The van der Waals surface area contributed by atoms with Gasteiger partial charge in [0.05, 0.1) is 5.25 Å². The Hall–Kier alpha value is -2.34. The largest absolute Gasteiger partial charge is 0.370 e. The molecule has 0 aliphatic carbocycles. The molecular formula is C18H19FN2O2S. The minimum Gasteiger partial charge on any atom is -0.370 e. The molecule has 4 nitrogen and oxygen atoms in total. The zero-order valence-electron chi connectivity index (χ0n) is 13.3. The van der Waals surface area contributed by atoms with Gasteiger partial charge in [-0.25, -0.2) is 4.39 Å². The van der Waals surface area contributed by atoms with Gasteiger partial charge in [-0.2, -0.15) is 0 Å². The highest BCUT2D eigenvalue weighted by Gasteiger charge is 2.23. The minimum absolute atomic E-state index is 0.0475. The Morgan fingerprint density at radius 1 is 1.12 bits per heavy atom. The van der Waals surface area contributed by atoms with Crippen molar-refractivity contribution in [2.45, 2.75) is 23.5 Å². The topological polar surface area (TPSA) is 63.4 Å². The second-order valence-electron chi connectivity index (χ2n) is 5.26. The summed E-state index contributed by atoms with van der Waals surface area (Å²) in [6, 6.07) is 15.2. The normalized spacial score (nSPS) is 11.8. The van der Waals surface area contributed by atoms with Crippen molar-refractivity contribution < 1.29 is 14.0 Å². The monoisotopic (exact) mass is 346 g/mol. The summed E-state index contributed by atoms with van der Waals surface area (Å²) in [4.78, 5) is 26.4. The fourth-order valence-electron chi connectivity index (χ4n) is 2.18. The van der Waals surface area contributed by atoms with Crippen molar-refractivity contribution in [3.05, 3.63) is 60.4 Å². The van der Waals surface area contributed by atoms with Crippen LogP contribution in [0.1, 0.15) is 13.3 Å². The van der Waals surface area contributed by atoms with Crippen molar-refractivity contribution in [3.8, 4) is 0 Å².